The van der Waals surface area contributed by atoms with E-state index in [9.17, 15) is 4.79 Å². The number of hydrogen-bond donors (Lipinski definition) is 1. The molecule has 3 rings (SSSR count). The first kappa shape index (κ1) is 10.4. The molecule has 1 atom stereocenters. The summed E-state index contributed by atoms with van der Waals surface area (Å²) in [4.78, 5) is 11.5. The molecule has 1 unspecified atom stereocenters. The van der Waals surface area contributed by atoms with Crippen LogP contribution in [-0.4, -0.2) is 12.0 Å². The Bertz CT molecular complexity index is 563. The van der Waals surface area contributed by atoms with E-state index in [2.05, 4.69) is 16.8 Å². The van der Waals surface area contributed by atoms with Crippen LogP contribution in [-0.2, 0) is 4.79 Å². The summed E-state index contributed by atoms with van der Waals surface area (Å²) in [5.41, 5.74) is 2.99. The molecule has 3 nitrogen and oxygen atoms in total. The van der Waals surface area contributed by atoms with Gasteiger partial charge in [0.25, 0.3) is 5.91 Å². The van der Waals surface area contributed by atoms with Crippen molar-refractivity contribution in [2.24, 2.45) is 0 Å². The maximum absolute atomic E-state index is 11.5. The normalized spacial score (nSPS) is 18.2. The number of fused-ring (bicyclic) bond motifs is 1. The maximum atomic E-state index is 11.5. The second-order valence-corrected chi connectivity index (χ2v) is 4.75. The fourth-order valence-corrected chi connectivity index (χ4v) is 2.48. The smallest absolute Gasteiger partial charge is 0.265 e. The SMILES string of the molecule is CC1Oc2ccc(-c3ccsc3)cc2NC1=O. The molecule has 86 valence electrons. The lowest BCUT2D eigenvalue weighted by molar-refractivity contribution is -0.122. The van der Waals surface area contributed by atoms with Crippen LogP contribution >= 0.6 is 11.3 Å². The molecular formula is C13H11NO2S. The molecule has 0 radical (unpaired) electrons. The molecule has 1 aromatic heterocycles. The highest BCUT2D eigenvalue weighted by atomic mass is 32.1. The number of anilines is 1. The Morgan fingerprint density at radius 3 is 2.94 bits per heavy atom. The number of nitrogens with one attached hydrogen (secondary N) is 1. The summed E-state index contributed by atoms with van der Waals surface area (Å²) in [5, 5.41) is 6.96. The van der Waals surface area contributed by atoms with E-state index in [0.717, 1.165) is 22.6 Å². The van der Waals surface area contributed by atoms with Gasteiger partial charge in [-0.3, -0.25) is 4.79 Å². The van der Waals surface area contributed by atoms with Gasteiger partial charge in [-0.2, -0.15) is 11.3 Å². The minimum atomic E-state index is -0.422. The number of amides is 1. The van der Waals surface area contributed by atoms with Crippen LogP contribution in [0.25, 0.3) is 11.1 Å². The lowest BCUT2D eigenvalue weighted by atomic mass is 10.1. The number of rotatable bonds is 1. The predicted octanol–water partition coefficient (Wildman–Crippen LogP) is 3.13. The summed E-state index contributed by atoms with van der Waals surface area (Å²) in [6, 6.07) is 7.91. The van der Waals surface area contributed by atoms with Crippen LogP contribution in [0.5, 0.6) is 5.75 Å². The number of thiophene rings is 1. The van der Waals surface area contributed by atoms with Crippen LogP contribution in [0.4, 0.5) is 5.69 Å². The molecular weight excluding hydrogens is 234 g/mol. The van der Waals surface area contributed by atoms with Crippen molar-refractivity contribution < 1.29 is 9.53 Å². The Labute approximate surface area is 103 Å². The van der Waals surface area contributed by atoms with Gasteiger partial charge in [-0.05, 0) is 47.0 Å². The molecule has 0 fully saturated rings. The Kier molecular flexibility index (Phi) is 2.37. The van der Waals surface area contributed by atoms with Gasteiger partial charge < -0.3 is 10.1 Å². The van der Waals surface area contributed by atoms with Crippen molar-refractivity contribution in [3.63, 3.8) is 0 Å². The van der Waals surface area contributed by atoms with Gasteiger partial charge >= 0.3 is 0 Å². The Morgan fingerprint density at radius 1 is 1.29 bits per heavy atom. The van der Waals surface area contributed by atoms with E-state index in [1.54, 1.807) is 18.3 Å². The van der Waals surface area contributed by atoms with Gasteiger partial charge in [-0.25, -0.2) is 0 Å². The Balaban J connectivity index is 2.02. The molecule has 1 aliphatic rings. The highest BCUT2D eigenvalue weighted by Gasteiger charge is 2.23. The minimum absolute atomic E-state index is 0.0973. The summed E-state index contributed by atoms with van der Waals surface area (Å²) in [6.07, 6.45) is -0.422. The van der Waals surface area contributed by atoms with Crippen LogP contribution in [0.15, 0.2) is 35.0 Å². The van der Waals surface area contributed by atoms with E-state index in [4.69, 9.17) is 4.74 Å². The molecule has 0 bridgehead atoms. The standard InChI is InChI=1S/C13H11NO2S/c1-8-13(15)14-11-6-9(2-3-12(11)16-8)10-4-5-17-7-10/h2-8H,1H3,(H,14,15). The molecule has 0 aliphatic carbocycles. The van der Waals surface area contributed by atoms with Gasteiger partial charge in [0.2, 0.25) is 0 Å². The maximum Gasteiger partial charge on any atom is 0.265 e. The third-order valence-electron chi connectivity index (χ3n) is 2.76. The zero-order valence-electron chi connectivity index (χ0n) is 9.27. The van der Waals surface area contributed by atoms with Crippen molar-refractivity contribution >= 4 is 22.9 Å². The molecule has 1 amide bonds. The number of carbonyl (C=O) groups is 1. The molecule has 0 saturated carbocycles. The number of carbonyl (C=O) groups excluding carboxylic acids is 1. The topological polar surface area (TPSA) is 38.3 Å². The molecule has 2 heterocycles. The van der Waals surface area contributed by atoms with E-state index < -0.39 is 6.10 Å². The summed E-state index contributed by atoms with van der Waals surface area (Å²) in [7, 11) is 0. The van der Waals surface area contributed by atoms with Crippen LogP contribution in [0.3, 0.4) is 0 Å². The molecule has 0 saturated heterocycles. The lowest BCUT2D eigenvalue weighted by Gasteiger charge is -2.23. The largest absolute Gasteiger partial charge is 0.479 e. The van der Waals surface area contributed by atoms with Crippen LogP contribution in [0, 0.1) is 0 Å². The van der Waals surface area contributed by atoms with Gasteiger partial charge in [-0.1, -0.05) is 6.07 Å². The molecule has 17 heavy (non-hydrogen) atoms. The highest BCUT2D eigenvalue weighted by molar-refractivity contribution is 7.08. The third-order valence-corrected chi connectivity index (χ3v) is 3.45. The fourth-order valence-electron chi connectivity index (χ4n) is 1.82. The summed E-state index contributed by atoms with van der Waals surface area (Å²) >= 11 is 1.65. The number of benzene rings is 1. The first-order valence-electron chi connectivity index (χ1n) is 5.38. The first-order chi connectivity index (χ1) is 8.24. The predicted molar refractivity (Wildman–Crippen MR) is 68.5 cm³/mol. The van der Waals surface area contributed by atoms with E-state index in [-0.39, 0.29) is 5.91 Å². The van der Waals surface area contributed by atoms with Crippen LogP contribution in [0.2, 0.25) is 0 Å². The van der Waals surface area contributed by atoms with Gasteiger partial charge in [0, 0.05) is 0 Å². The van der Waals surface area contributed by atoms with E-state index >= 15 is 0 Å². The molecule has 1 aliphatic heterocycles. The van der Waals surface area contributed by atoms with Crippen molar-refractivity contribution in [1.82, 2.24) is 0 Å². The van der Waals surface area contributed by atoms with Crippen molar-refractivity contribution in [2.45, 2.75) is 13.0 Å². The molecule has 2 aromatic rings. The zero-order chi connectivity index (χ0) is 11.8. The van der Waals surface area contributed by atoms with Crippen molar-refractivity contribution in [3.8, 4) is 16.9 Å². The Morgan fingerprint density at radius 2 is 2.18 bits per heavy atom. The highest BCUT2D eigenvalue weighted by Crippen LogP contribution is 2.34. The number of ether oxygens (including phenoxy) is 1. The average Bonchev–Trinajstić information content (AvgIpc) is 2.83. The summed E-state index contributed by atoms with van der Waals surface area (Å²) in [5.74, 6) is 0.635. The van der Waals surface area contributed by atoms with Gasteiger partial charge in [-0.15, -0.1) is 0 Å². The van der Waals surface area contributed by atoms with Crippen molar-refractivity contribution in [3.05, 3.63) is 35.0 Å². The molecule has 4 heteroatoms. The van der Waals surface area contributed by atoms with Crippen LogP contribution in [0.1, 0.15) is 6.92 Å². The van der Waals surface area contributed by atoms with Crippen molar-refractivity contribution in [2.75, 3.05) is 5.32 Å². The Hall–Kier alpha value is -1.81. The minimum Gasteiger partial charge on any atom is -0.479 e. The number of hydrogen-bond acceptors (Lipinski definition) is 3. The van der Waals surface area contributed by atoms with E-state index in [1.807, 2.05) is 23.6 Å². The molecule has 1 N–H and O–H groups in total. The van der Waals surface area contributed by atoms with Gasteiger partial charge in [0.15, 0.2) is 6.10 Å². The average molecular weight is 245 g/mol. The quantitative estimate of drug-likeness (QED) is 0.838. The summed E-state index contributed by atoms with van der Waals surface area (Å²) in [6.45, 7) is 1.74. The van der Waals surface area contributed by atoms with Crippen molar-refractivity contribution in [1.29, 1.82) is 0 Å². The third kappa shape index (κ3) is 1.80. The molecule has 1 aromatic carbocycles. The lowest BCUT2D eigenvalue weighted by Crippen LogP contribution is -2.34. The zero-order valence-corrected chi connectivity index (χ0v) is 10.1. The second kappa shape index (κ2) is 3.89. The second-order valence-electron chi connectivity index (χ2n) is 3.97. The summed E-state index contributed by atoms with van der Waals surface area (Å²) < 4.78 is 5.51. The first-order valence-corrected chi connectivity index (χ1v) is 6.32. The van der Waals surface area contributed by atoms with Gasteiger partial charge in [0.05, 0.1) is 5.69 Å². The van der Waals surface area contributed by atoms with E-state index in [0.29, 0.717) is 0 Å². The van der Waals surface area contributed by atoms with Crippen LogP contribution < -0.4 is 10.1 Å². The fraction of sp³-hybridized carbons (Fsp3) is 0.154. The monoisotopic (exact) mass is 245 g/mol. The molecule has 0 spiro atoms. The van der Waals surface area contributed by atoms with E-state index in [1.165, 1.54) is 0 Å². The van der Waals surface area contributed by atoms with Gasteiger partial charge in [0.1, 0.15) is 5.75 Å².